The van der Waals surface area contributed by atoms with Gasteiger partial charge in [0.15, 0.2) is 0 Å². The number of aromatic nitrogens is 1. The van der Waals surface area contributed by atoms with Crippen LogP contribution in [0.4, 0.5) is 0 Å². The molecule has 7 heteroatoms. The smallest absolute Gasteiger partial charge is 0.267 e. The maximum Gasteiger partial charge on any atom is 0.267 e. The minimum absolute atomic E-state index is 0.134. The number of rotatable bonds is 9. The van der Waals surface area contributed by atoms with Gasteiger partial charge in [-0.1, -0.05) is 12.8 Å². The lowest BCUT2D eigenvalue weighted by Crippen LogP contribution is -2.24. The number of amides is 2. The molecule has 130 valence electrons. The van der Waals surface area contributed by atoms with Crippen LogP contribution in [0.2, 0.25) is 0 Å². The summed E-state index contributed by atoms with van der Waals surface area (Å²) in [5.41, 5.74) is 3.00. The third-order valence-corrected chi connectivity index (χ3v) is 3.82. The lowest BCUT2D eigenvalue weighted by Gasteiger charge is -2.04. The van der Waals surface area contributed by atoms with E-state index in [0.717, 1.165) is 42.3 Å². The van der Waals surface area contributed by atoms with E-state index < -0.39 is 0 Å². The second-order valence-corrected chi connectivity index (χ2v) is 5.59. The van der Waals surface area contributed by atoms with Gasteiger partial charge in [0.2, 0.25) is 5.91 Å². The molecule has 0 saturated carbocycles. The van der Waals surface area contributed by atoms with Gasteiger partial charge in [-0.05, 0) is 31.0 Å². The summed E-state index contributed by atoms with van der Waals surface area (Å²) >= 11 is 0. The Hall–Kier alpha value is -2.54. The predicted octanol–water partition coefficient (Wildman–Crippen LogP) is 2.36. The van der Waals surface area contributed by atoms with Crippen LogP contribution in [0.1, 0.15) is 42.6 Å². The number of ether oxygens (including phenoxy) is 1. The van der Waals surface area contributed by atoms with Crippen LogP contribution in [0, 0.1) is 0 Å². The zero-order valence-corrected chi connectivity index (χ0v) is 13.7. The molecule has 0 aliphatic heterocycles. The van der Waals surface area contributed by atoms with Gasteiger partial charge in [0, 0.05) is 29.9 Å². The number of nitrogens with one attached hydrogen (secondary N) is 3. The molecule has 0 saturated heterocycles. The van der Waals surface area contributed by atoms with Gasteiger partial charge in [-0.25, -0.2) is 5.48 Å². The maximum absolute atomic E-state index is 12.1. The van der Waals surface area contributed by atoms with Crippen molar-refractivity contribution >= 4 is 22.7 Å². The molecular formula is C17H23N3O4. The number of benzene rings is 1. The largest absolute Gasteiger partial charge is 0.497 e. The van der Waals surface area contributed by atoms with Crippen molar-refractivity contribution in [1.29, 1.82) is 0 Å². The Kier molecular flexibility index (Phi) is 6.62. The molecule has 2 aromatic rings. The average Bonchev–Trinajstić information content (AvgIpc) is 3.03. The molecule has 1 aromatic heterocycles. The van der Waals surface area contributed by atoms with Crippen LogP contribution < -0.4 is 15.5 Å². The first-order valence-corrected chi connectivity index (χ1v) is 8.02. The molecule has 0 aliphatic carbocycles. The van der Waals surface area contributed by atoms with Gasteiger partial charge in [-0.3, -0.25) is 14.8 Å². The van der Waals surface area contributed by atoms with E-state index in [0.29, 0.717) is 18.7 Å². The zero-order chi connectivity index (χ0) is 17.4. The average molecular weight is 333 g/mol. The summed E-state index contributed by atoms with van der Waals surface area (Å²) in [5.74, 6) is 0.245. The van der Waals surface area contributed by atoms with Gasteiger partial charge in [0.05, 0.1) is 7.11 Å². The molecule has 0 atom stereocenters. The lowest BCUT2D eigenvalue weighted by atomic mass is 10.1. The highest BCUT2D eigenvalue weighted by molar-refractivity contribution is 5.98. The van der Waals surface area contributed by atoms with Crippen molar-refractivity contribution < 1.29 is 19.5 Å². The van der Waals surface area contributed by atoms with Gasteiger partial charge in [-0.2, -0.15) is 0 Å². The number of methoxy groups -OCH3 is 1. The Bertz CT molecular complexity index is 696. The van der Waals surface area contributed by atoms with E-state index >= 15 is 0 Å². The molecule has 0 aliphatic rings. The first kappa shape index (κ1) is 17.8. The van der Waals surface area contributed by atoms with Crippen molar-refractivity contribution in [3.8, 4) is 5.75 Å². The van der Waals surface area contributed by atoms with Crippen LogP contribution in [-0.4, -0.2) is 35.7 Å². The molecular weight excluding hydrogens is 310 g/mol. The fraction of sp³-hybridized carbons (Fsp3) is 0.412. The van der Waals surface area contributed by atoms with Gasteiger partial charge in [0.25, 0.3) is 5.91 Å². The normalized spacial score (nSPS) is 10.6. The third kappa shape index (κ3) is 4.99. The highest BCUT2D eigenvalue weighted by Crippen LogP contribution is 2.21. The molecule has 1 heterocycles. The fourth-order valence-electron chi connectivity index (χ4n) is 2.47. The van der Waals surface area contributed by atoms with Crippen LogP contribution in [-0.2, 0) is 4.79 Å². The summed E-state index contributed by atoms with van der Waals surface area (Å²) in [6.45, 7) is 0.587. The minimum Gasteiger partial charge on any atom is -0.497 e. The molecule has 0 radical (unpaired) electrons. The Balaban J connectivity index is 1.72. The molecule has 0 fully saturated rings. The first-order chi connectivity index (χ1) is 11.6. The Morgan fingerprint density at radius 2 is 1.96 bits per heavy atom. The van der Waals surface area contributed by atoms with Gasteiger partial charge < -0.3 is 15.0 Å². The van der Waals surface area contributed by atoms with Crippen molar-refractivity contribution in [2.45, 2.75) is 32.1 Å². The summed E-state index contributed by atoms with van der Waals surface area (Å²) in [7, 11) is 1.61. The highest BCUT2D eigenvalue weighted by Gasteiger charge is 2.09. The number of hydrogen-bond acceptors (Lipinski definition) is 4. The first-order valence-electron chi connectivity index (χ1n) is 8.02. The number of carbonyl (C=O) groups excluding carboxylic acids is 2. The van der Waals surface area contributed by atoms with E-state index in [-0.39, 0.29) is 11.8 Å². The van der Waals surface area contributed by atoms with Crippen LogP contribution in [0.15, 0.2) is 24.3 Å². The summed E-state index contributed by atoms with van der Waals surface area (Å²) in [6, 6.07) is 7.44. The van der Waals surface area contributed by atoms with E-state index in [2.05, 4.69) is 10.3 Å². The number of hydroxylamine groups is 1. The SMILES string of the molecule is COc1ccc2cc(C(=O)NCCCCCCC(=O)NO)[nH]c2c1. The Morgan fingerprint density at radius 3 is 2.71 bits per heavy atom. The van der Waals surface area contributed by atoms with Crippen LogP contribution in [0.25, 0.3) is 10.9 Å². The molecule has 4 N–H and O–H groups in total. The van der Waals surface area contributed by atoms with Crippen molar-refractivity contribution in [3.63, 3.8) is 0 Å². The molecule has 1 aromatic carbocycles. The number of aromatic amines is 1. The Labute approximate surface area is 140 Å². The van der Waals surface area contributed by atoms with Crippen molar-refractivity contribution in [2.75, 3.05) is 13.7 Å². The standard InChI is InChI=1S/C17H23N3O4/c1-24-13-8-7-12-10-15(19-14(12)11-13)17(22)18-9-5-3-2-4-6-16(21)20-23/h7-8,10-11,19,23H,2-6,9H2,1H3,(H,18,22)(H,20,21). The summed E-state index contributed by atoms with van der Waals surface area (Å²) < 4.78 is 5.17. The number of fused-ring (bicyclic) bond motifs is 1. The summed E-state index contributed by atoms with van der Waals surface area (Å²) in [6.07, 6.45) is 3.70. The lowest BCUT2D eigenvalue weighted by molar-refractivity contribution is -0.129. The predicted molar refractivity (Wildman–Crippen MR) is 90.2 cm³/mol. The second kappa shape index (κ2) is 8.93. The van der Waals surface area contributed by atoms with Crippen molar-refractivity contribution in [2.24, 2.45) is 0 Å². The number of carbonyl (C=O) groups is 2. The fourth-order valence-corrected chi connectivity index (χ4v) is 2.47. The summed E-state index contributed by atoms with van der Waals surface area (Å²) in [4.78, 5) is 26.1. The number of hydrogen-bond donors (Lipinski definition) is 4. The zero-order valence-electron chi connectivity index (χ0n) is 13.7. The Morgan fingerprint density at radius 1 is 1.17 bits per heavy atom. The molecule has 0 bridgehead atoms. The van der Waals surface area contributed by atoms with E-state index in [1.54, 1.807) is 12.6 Å². The number of H-pyrrole nitrogens is 1. The topological polar surface area (TPSA) is 103 Å². The molecule has 2 rings (SSSR count). The maximum atomic E-state index is 12.1. The number of unbranched alkanes of at least 4 members (excludes halogenated alkanes) is 3. The second-order valence-electron chi connectivity index (χ2n) is 5.59. The monoisotopic (exact) mass is 333 g/mol. The van der Waals surface area contributed by atoms with E-state index in [9.17, 15) is 9.59 Å². The van der Waals surface area contributed by atoms with E-state index in [1.807, 2.05) is 24.3 Å². The van der Waals surface area contributed by atoms with Crippen LogP contribution in [0.3, 0.4) is 0 Å². The molecule has 0 unspecified atom stereocenters. The van der Waals surface area contributed by atoms with E-state index in [4.69, 9.17) is 9.94 Å². The minimum atomic E-state index is -0.362. The molecule has 0 spiro atoms. The van der Waals surface area contributed by atoms with Crippen LogP contribution >= 0.6 is 0 Å². The molecule has 24 heavy (non-hydrogen) atoms. The van der Waals surface area contributed by atoms with Gasteiger partial charge >= 0.3 is 0 Å². The van der Waals surface area contributed by atoms with E-state index in [1.165, 1.54) is 0 Å². The highest BCUT2D eigenvalue weighted by atomic mass is 16.5. The summed E-state index contributed by atoms with van der Waals surface area (Å²) in [5, 5.41) is 12.2. The van der Waals surface area contributed by atoms with Gasteiger partial charge in [-0.15, -0.1) is 0 Å². The van der Waals surface area contributed by atoms with Crippen molar-refractivity contribution in [3.05, 3.63) is 30.0 Å². The van der Waals surface area contributed by atoms with Crippen molar-refractivity contribution in [1.82, 2.24) is 15.8 Å². The quantitative estimate of drug-likeness (QED) is 0.321. The van der Waals surface area contributed by atoms with Gasteiger partial charge in [0.1, 0.15) is 11.4 Å². The third-order valence-electron chi connectivity index (χ3n) is 3.82. The van der Waals surface area contributed by atoms with Crippen LogP contribution in [0.5, 0.6) is 5.75 Å². The molecule has 7 nitrogen and oxygen atoms in total. The molecule has 2 amide bonds.